The second kappa shape index (κ2) is 4.36. The standard InChI is InChI=1S/C9H10N2O5S/c12-6(13)2-1-4-8(15)11-5(7(14)10-4)3-17-9(11)16/h4-5H,1-3H2,(H,10,14)(H,12,13). The van der Waals surface area contributed by atoms with Gasteiger partial charge in [0, 0.05) is 12.2 Å². The Kier molecular flexibility index (Phi) is 3.05. The average Bonchev–Trinajstić information content (AvgIpc) is 2.64. The van der Waals surface area contributed by atoms with E-state index >= 15 is 0 Å². The summed E-state index contributed by atoms with van der Waals surface area (Å²) in [6.07, 6.45) is -0.225. The zero-order chi connectivity index (χ0) is 12.6. The van der Waals surface area contributed by atoms with Crippen LogP contribution in [0.2, 0.25) is 0 Å². The first kappa shape index (κ1) is 11.9. The van der Waals surface area contributed by atoms with Gasteiger partial charge in [-0.15, -0.1) is 0 Å². The lowest BCUT2D eigenvalue weighted by molar-refractivity contribution is -0.145. The van der Waals surface area contributed by atoms with Gasteiger partial charge in [0.1, 0.15) is 12.1 Å². The van der Waals surface area contributed by atoms with Crippen molar-refractivity contribution in [1.29, 1.82) is 0 Å². The van der Waals surface area contributed by atoms with Crippen LogP contribution in [0.3, 0.4) is 0 Å². The quantitative estimate of drug-likeness (QED) is 0.701. The van der Waals surface area contributed by atoms with E-state index in [0.717, 1.165) is 16.7 Å². The third-order valence-corrected chi connectivity index (χ3v) is 3.60. The Balaban J connectivity index is 2.11. The summed E-state index contributed by atoms with van der Waals surface area (Å²) in [5.41, 5.74) is 0. The normalized spacial score (nSPS) is 28.0. The molecule has 0 aromatic rings. The second-order valence-electron chi connectivity index (χ2n) is 3.79. The highest BCUT2D eigenvalue weighted by atomic mass is 32.2. The van der Waals surface area contributed by atoms with E-state index in [9.17, 15) is 19.2 Å². The predicted molar refractivity (Wildman–Crippen MR) is 57.3 cm³/mol. The first-order chi connectivity index (χ1) is 8.00. The fourth-order valence-corrected chi connectivity index (χ4v) is 2.78. The van der Waals surface area contributed by atoms with Crippen molar-refractivity contribution >= 4 is 34.8 Å². The highest BCUT2D eigenvalue weighted by Gasteiger charge is 2.47. The Morgan fingerprint density at radius 1 is 1.47 bits per heavy atom. The number of carboxylic acid groups (broad SMARTS) is 1. The molecular formula is C9H10N2O5S. The molecule has 0 aromatic carbocycles. The number of nitrogens with zero attached hydrogens (tertiary/aromatic N) is 1. The summed E-state index contributed by atoms with van der Waals surface area (Å²) < 4.78 is 0. The van der Waals surface area contributed by atoms with E-state index in [-0.39, 0.29) is 18.6 Å². The smallest absolute Gasteiger partial charge is 0.303 e. The average molecular weight is 258 g/mol. The molecule has 2 N–H and O–H groups in total. The first-order valence-corrected chi connectivity index (χ1v) is 6.01. The summed E-state index contributed by atoms with van der Waals surface area (Å²) in [4.78, 5) is 46.2. The predicted octanol–water partition coefficient (Wildman–Crippen LogP) is -0.586. The van der Waals surface area contributed by atoms with Crippen molar-refractivity contribution in [3.8, 4) is 0 Å². The van der Waals surface area contributed by atoms with E-state index in [0.29, 0.717) is 0 Å². The van der Waals surface area contributed by atoms with Crippen molar-refractivity contribution in [2.24, 2.45) is 0 Å². The number of hydrogen-bond acceptors (Lipinski definition) is 5. The third-order valence-electron chi connectivity index (χ3n) is 2.67. The van der Waals surface area contributed by atoms with Gasteiger partial charge in [0.2, 0.25) is 5.91 Å². The zero-order valence-corrected chi connectivity index (χ0v) is 9.53. The molecule has 2 aliphatic heterocycles. The Hall–Kier alpha value is -1.57. The fraction of sp³-hybridized carbons (Fsp3) is 0.556. The van der Waals surface area contributed by atoms with Gasteiger partial charge in [-0.3, -0.25) is 24.1 Å². The number of fused-ring (bicyclic) bond motifs is 1. The SMILES string of the molecule is O=C(O)CCC1NC(=O)C2CSC(=O)N2C1=O. The van der Waals surface area contributed by atoms with E-state index in [4.69, 9.17) is 5.11 Å². The molecule has 0 spiro atoms. The summed E-state index contributed by atoms with van der Waals surface area (Å²) in [6, 6.07) is -1.64. The van der Waals surface area contributed by atoms with Crippen LogP contribution in [0.5, 0.6) is 0 Å². The first-order valence-electron chi connectivity index (χ1n) is 5.02. The van der Waals surface area contributed by atoms with Crippen LogP contribution < -0.4 is 5.32 Å². The molecule has 0 aromatic heterocycles. The number of carbonyl (C=O) groups is 4. The molecule has 2 heterocycles. The number of aliphatic carboxylic acids is 1. The minimum atomic E-state index is -1.05. The Bertz CT molecular complexity index is 410. The van der Waals surface area contributed by atoms with Crippen LogP contribution in [0.4, 0.5) is 4.79 Å². The van der Waals surface area contributed by atoms with Crippen LogP contribution >= 0.6 is 11.8 Å². The summed E-state index contributed by atoms with van der Waals surface area (Å²) >= 11 is 0.926. The van der Waals surface area contributed by atoms with Crippen molar-refractivity contribution in [2.75, 3.05) is 5.75 Å². The molecule has 2 aliphatic rings. The third kappa shape index (κ3) is 2.12. The van der Waals surface area contributed by atoms with Gasteiger partial charge in [-0.1, -0.05) is 11.8 Å². The van der Waals surface area contributed by atoms with Crippen molar-refractivity contribution in [1.82, 2.24) is 10.2 Å². The largest absolute Gasteiger partial charge is 0.481 e. The van der Waals surface area contributed by atoms with Crippen LogP contribution in [0.15, 0.2) is 0 Å². The molecular weight excluding hydrogens is 248 g/mol. The van der Waals surface area contributed by atoms with E-state index in [1.807, 2.05) is 0 Å². The lowest BCUT2D eigenvalue weighted by Gasteiger charge is -2.32. The van der Waals surface area contributed by atoms with Gasteiger partial charge in [-0.2, -0.15) is 0 Å². The van der Waals surface area contributed by atoms with Gasteiger partial charge in [-0.05, 0) is 6.42 Å². The number of carbonyl (C=O) groups excluding carboxylic acids is 3. The maximum Gasteiger partial charge on any atom is 0.303 e. The van der Waals surface area contributed by atoms with E-state index in [1.54, 1.807) is 0 Å². The molecule has 2 saturated heterocycles. The minimum Gasteiger partial charge on any atom is -0.481 e. The van der Waals surface area contributed by atoms with Crippen molar-refractivity contribution in [3.63, 3.8) is 0 Å². The molecule has 2 fully saturated rings. The minimum absolute atomic E-state index is 0.00106. The lowest BCUT2D eigenvalue weighted by Crippen LogP contribution is -2.62. The molecule has 2 rings (SSSR count). The van der Waals surface area contributed by atoms with Gasteiger partial charge in [-0.25, -0.2) is 0 Å². The molecule has 0 radical (unpaired) electrons. The Morgan fingerprint density at radius 3 is 2.82 bits per heavy atom. The maximum atomic E-state index is 11.9. The van der Waals surface area contributed by atoms with Gasteiger partial charge in [0.25, 0.3) is 11.1 Å². The zero-order valence-electron chi connectivity index (χ0n) is 8.71. The number of piperazine rings is 1. The fourth-order valence-electron chi connectivity index (χ4n) is 1.82. The number of thioether (sulfide) groups is 1. The molecule has 0 bridgehead atoms. The summed E-state index contributed by atoms with van der Waals surface area (Å²) in [6.45, 7) is 0. The van der Waals surface area contributed by atoms with Crippen molar-refractivity contribution in [2.45, 2.75) is 24.9 Å². The molecule has 2 unspecified atom stereocenters. The molecule has 8 heteroatoms. The van der Waals surface area contributed by atoms with Gasteiger partial charge in [0.05, 0.1) is 0 Å². The molecule has 17 heavy (non-hydrogen) atoms. The van der Waals surface area contributed by atoms with E-state index < -0.39 is 35.1 Å². The van der Waals surface area contributed by atoms with Crippen molar-refractivity contribution < 1.29 is 24.3 Å². The number of carboxylic acids is 1. The molecule has 0 saturated carbocycles. The molecule has 92 valence electrons. The highest BCUT2D eigenvalue weighted by Crippen LogP contribution is 2.28. The van der Waals surface area contributed by atoms with Crippen LogP contribution in [0, 0.1) is 0 Å². The van der Waals surface area contributed by atoms with Crippen LogP contribution in [0.25, 0.3) is 0 Å². The summed E-state index contributed by atoms with van der Waals surface area (Å²) in [5.74, 6) is -1.68. The highest BCUT2D eigenvalue weighted by molar-refractivity contribution is 8.14. The van der Waals surface area contributed by atoms with E-state index in [2.05, 4.69) is 5.32 Å². The molecule has 3 amide bonds. The molecule has 2 atom stereocenters. The topological polar surface area (TPSA) is 104 Å². The number of imide groups is 1. The van der Waals surface area contributed by atoms with Gasteiger partial charge in [0.15, 0.2) is 0 Å². The molecule has 7 nitrogen and oxygen atoms in total. The van der Waals surface area contributed by atoms with Crippen molar-refractivity contribution in [3.05, 3.63) is 0 Å². The number of rotatable bonds is 3. The van der Waals surface area contributed by atoms with E-state index in [1.165, 1.54) is 0 Å². The Labute approximate surface area is 101 Å². The lowest BCUT2D eigenvalue weighted by atomic mass is 10.0. The number of nitrogens with one attached hydrogen (secondary N) is 1. The molecule has 0 aliphatic carbocycles. The Morgan fingerprint density at radius 2 is 2.18 bits per heavy atom. The summed E-state index contributed by atoms with van der Waals surface area (Å²) in [7, 11) is 0. The number of amides is 3. The van der Waals surface area contributed by atoms with Gasteiger partial charge >= 0.3 is 5.97 Å². The summed E-state index contributed by atoms with van der Waals surface area (Å²) in [5, 5.41) is 10.5. The maximum absolute atomic E-state index is 11.9. The van der Waals surface area contributed by atoms with Crippen LogP contribution in [0.1, 0.15) is 12.8 Å². The monoisotopic (exact) mass is 258 g/mol. The van der Waals surface area contributed by atoms with Crippen LogP contribution in [-0.2, 0) is 14.4 Å². The van der Waals surface area contributed by atoms with Crippen LogP contribution in [-0.4, -0.2) is 50.9 Å². The second-order valence-corrected chi connectivity index (χ2v) is 4.77. The van der Waals surface area contributed by atoms with Gasteiger partial charge < -0.3 is 10.4 Å². The number of hydrogen-bond donors (Lipinski definition) is 2.